The number of benzene rings is 2. The smallest absolute Gasteiger partial charge is 0.311 e. The fraction of sp³-hybridized carbons (Fsp3) is 0.533. The molecule has 4 heteroatoms. The summed E-state index contributed by atoms with van der Waals surface area (Å²) in [5, 5.41) is 0. The van der Waals surface area contributed by atoms with Crippen molar-refractivity contribution in [3.63, 3.8) is 0 Å². The monoisotopic (exact) mass is 462 g/mol. The molecule has 2 aliphatic rings. The fourth-order valence-corrected chi connectivity index (χ4v) is 5.32. The Hall–Kier alpha value is -2.62. The molecule has 0 N–H and O–H groups in total. The number of hydrogen-bond donors (Lipinski definition) is 0. The minimum atomic E-state index is -0.190. The van der Waals surface area contributed by atoms with Crippen molar-refractivity contribution in [2.24, 2.45) is 0 Å². The summed E-state index contributed by atoms with van der Waals surface area (Å²) in [4.78, 5) is 25.4. The van der Waals surface area contributed by atoms with Crippen LogP contribution in [-0.2, 0) is 35.3 Å². The molecule has 0 heterocycles. The zero-order valence-corrected chi connectivity index (χ0v) is 20.8. The predicted molar refractivity (Wildman–Crippen MR) is 135 cm³/mol. The molecule has 182 valence electrons. The summed E-state index contributed by atoms with van der Waals surface area (Å²) in [6.07, 6.45) is 12.9. The van der Waals surface area contributed by atoms with Gasteiger partial charge in [0.1, 0.15) is 11.5 Å². The molecule has 0 spiro atoms. The van der Waals surface area contributed by atoms with Crippen molar-refractivity contribution in [3.05, 3.63) is 46.5 Å². The van der Waals surface area contributed by atoms with Crippen LogP contribution < -0.4 is 9.47 Å². The van der Waals surface area contributed by atoms with E-state index >= 15 is 0 Å². The van der Waals surface area contributed by atoms with Crippen molar-refractivity contribution in [2.75, 3.05) is 0 Å². The normalized spacial score (nSPS) is 14.8. The number of rotatable bonds is 9. The molecule has 34 heavy (non-hydrogen) atoms. The SMILES string of the molecule is CCCCC(=O)Oc1ccc2c(c1-c1c(OC(=O)CCCC)ccc3c1CCCC3)CCCC2. The summed E-state index contributed by atoms with van der Waals surface area (Å²) in [6.45, 7) is 4.15. The third-order valence-corrected chi connectivity index (χ3v) is 7.16. The van der Waals surface area contributed by atoms with E-state index in [1.165, 1.54) is 35.1 Å². The van der Waals surface area contributed by atoms with Crippen LogP contribution >= 0.6 is 0 Å². The lowest BCUT2D eigenvalue weighted by molar-refractivity contribution is -0.135. The van der Waals surface area contributed by atoms with E-state index in [2.05, 4.69) is 26.0 Å². The van der Waals surface area contributed by atoms with E-state index in [1.807, 2.05) is 12.1 Å². The summed E-state index contributed by atoms with van der Waals surface area (Å²) in [6, 6.07) is 8.19. The topological polar surface area (TPSA) is 52.6 Å². The van der Waals surface area contributed by atoms with Gasteiger partial charge in [-0.25, -0.2) is 0 Å². The van der Waals surface area contributed by atoms with E-state index in [4.69, 9.17) is 9.47 Å². The largest absolute Gasteiger partial charge is 0.426 e. The van der Waals surface area contributed by atoms with Crippen LogP contribution in [0.15, 0.2) is 24.3 Å². The maximum absolute atomic E-state index is 12.7. The molecule has 0 saturated heterocycles. The Balaban J connectivity index is 1.86. The number of hydrogen-bond acceptors (Lipinski definition) is 4. The van der Waals surface area contributed by atoms with Gasteiger partial charge in [0.2, 0.25) is 0 Å². The van der Waals surface area contributed by atoms with Crippen LogP contribution in [-0.4, -0.2) is 11.9 Å². The van der Waals surface area contributed by atoms with Gasteiger partial charge in [-0.15, -0.1) is 0 Å². The van der Waals surface area contributed by atoms with Crippen LogP contribution in [0.2, 0.25) is 0 Å². The molecule has 4 rings (SSSR count). The van der Waals surface area contributed by atoms with Gasteiger partial charge in [-0.05, 0) is 98.6 Å². The first-order valence-corrected chi connectivity index (χ1v) is 13.3. The van der Waals surface area contributed by atoms with Crippen molar-refractivity contribution in [2.45, 2.75) is 104 Å². The van der Waals surface area contributed by atoms with Gasteiger partial charge in [0, 0.05) is 24.0 Å². The molecule has 0 saturated carbocycles. The first-order chi connectivity index (χ1) is 16.6. The molecule has 0 unspecified atom stereocenters. The molecular weight excluding hydrogens is 424 g/mol. The third kappa shape index (κ3) is 5.54. The molecule has 0 aromatic heterocycles. The summed E-state index contributed by atoms with van der Waals surface area (Å²) in [5.41, 5.74) is 7.14. The molecular formula is C30H38O4. The Labute approximate surface area is 204 Å². The Morgan fingerprint density at radius 2 is 1.06 bits per heavy atom. The van der Waals surface area contributed by atoms with Gasteiger partial charge in [0.25, 0.3) is 0 Å². The second-order valence-corrected chi connectivity index (χ2v) is 9.72. The molecule has 0 amide bonds. The lowest BCUT2D eigenvalue weighted by atomic mass is 9.80. The summed E-state index contributed by atoms with van der Waals surface area (Å²) < 4.78 is 12.0. The molecule has 2 aromatic rings. The quantitative estimate of drug-likeness (QED) is 0.290. The van der Waals surface area contributed by atoms with Crippen molar-refractivity contribution >= 4 is 11.9 Å². The first kappa shape index (κ1) is 24.5. The van der Waals surface area contributed by atoms with Crippen molar-refractivity contribution in [3.8, 4) is 22.6 Å². The second-order valence-electron chi connectivity index (χ2n) is 9.72. The minimum Gasteiger partial charge on any atom is -0.426 e. The molecule has 0 aliphatic heterocycles. The van der Waals surface area contributed by atoms with E-state index < -0.39 is 0 Å². The zero-order valence-electron chi connectivity index (χ0n) is 20.8. The number of ether oxygens (including phenoxy) is 2. The number of esters is 2. The van der Waals surface area contributed by atoms with E-state index in [0.717, 1.165) is 75.3 Å². The maximum Gasteiger partial charge on any atom is 0.311 e. The molecule has 2 aromatic carbocycles. The lowest BCUT2D eigenvalue weighted by Gasteiger charge is -2.27. The van der Waals surface area contributed by atoms with Crippen LogP contribution in [0.5, 0.6) is 11.5 Å². The van der Waals surface area contributed by atoms with Crippen molar-refractivity contribution in [1.82, 2.24) is 0 Å². The second kappa shape index (κ2) is 11.7. The fourth-order valence-electron chi connectivity index (χ4n) is 5.32. The lowest BCUT2D eigenvalue weighted by Crippen LogP contribution is -2.15. The number of carbonyl (C=O) groups is 2. The Morgan fingerprint density at radius 1 is 0.647 bits per heavy atom. The molecule has 0 bridgehead atoms. The van der Waals surface area contributed by atoms with Crippen LogP contribution in [0, 0.1) is 0 Å². The highest BCUT2D eigenvalue weighted by atomic mass is 16.5. The highest BCUT2D eigenvalue weighted by Gasteiger charge is 2.27. The van der Waals surface area contributed by atoms with Gasteiger partial charge in [-0.2, -0.15) is 0 Å². The first-order valence-electron chi connectivity index (χ1n) is 13.3. The Bertz CT molecular complexity index is 953. The average molecular weight is 463 g/mol. The van der Waals surface area contributed by atoms with Crippen LogP contribution in [0.4, 0.5) is 0 Å². The maximum atomic E-state index is 12.7. The summed E-state index contributed by atoms with van der Waals surface area (Å²) >= 11 is 0. The predicted octanol–water partition coefficient (Wildman–Crippen LogP) is 7.30. The Morgan fingerprint density at radius 3 is 1.47 bits per heavy atom. The van der Waals surface area contributed by atoms with Crippen LogP contribution in [0.3, 0.4) is 0 Å². The molecule has 4 nitrogen and oxygen atoms in total. The van der Waals surface area contributed by atoms with E-state index in [0.29, 0.717) is 24.3 Å². The number of aryl methyl sites for hydroxylation is 2. The molecule has 0 fully saturated rings. The minimum absolute atomic E-state index is 0.190. The van der Waals surface area contributed by atoms with Gasteiger partial charge < -0.3 is 9.47 Å². The van der Waals surface area contributed by atoms with Crippen LogP contribution in [0.1, 0.15) is 100 Å². The summed E-state index contributed by atoms with van der Waals surface area (Å²) in [7, 11) is 0. The van der Waals surface area contributed by atoms with E-state index in [9.17, 15) is 9.59 Å². The molecule has 2 aliphatic carbocycles. The van der Waals surface area contributed by atoms with Gasteiger partial charge in [0.05, 0.1) is 0 Å². The standard InChI is InChI=1S/C30H38O4/c1-3-5-15-27(31)33-25-19-17-21-11-7-9-13-23(21)29(25)30-24-14-10-8-12-22(24)18-20-26(30)34-28(32)16-6-4-2/h17-20H,3-16H2,1-2H3. The number of carbonyl (C=O) groups excluding carboxylic acids is 2. The van der Waals surface area contributed by atoms with Crippen molar-refractivity contribution < 1.29 is 19.1 Å². The number of unbranched alkanes of at least 4 members (excludes halogenated alkanes) is 2. The average Bonchev–Trinajstić information content (AvgIpc) is 2.86. The van der Waals surface area contributed by atoms with Gasteiger partial charge >= 0.3 is 11.9 Å². The number of fused-ring (bicyclic) bond motifs is 2. The van der Waals surface area contributed by atoms with Gasteiger partial charge in [-0.1, -0.05) is 38.8 Å². The Kier molecular flexibility index (Phi) is 8.42. The van der Waals surface area contributed by atoms with Crippen LogP contribution in [0.25, 0.3) is 11.1 Å². The van der Waals surface area contributed by atoms with E-state index in [1.54, 1.807) is 0 Å². The van der Waals surface area contributed by atoms with Crippen molar-refractivity contribution in [1.29, 1.82) is 0 Å². The third-order valence-electron chi connectivity index (χ3n) is 7.16. The van der Waals surface area contributed by atoms with Gasteiger partial charge in [0.15, 0.2) is 0 Å². The van der Waals surface area contributed by atoms with Gasteiger partial charge in [-0.3, -0.25) is 9.59 Å². The van der Waals surface area contributed by atoms with E-state index in [-0.39, 0.29) is 11.9 Å². The molecule has 0 radical (unpaired) electrons. The summed E-state index contributed by atoms with van der Waals surface area (Å²) in [5.74, 6) is 0.855. The highest BCUT2D eigenvalue weighted by Crippen LogP contribution is 2.47. The highest BCUT2D eigenvalue weighted by molar-refractivity contribution is 5.88. The molecule has 0 atom stereocenters. The zero-order chi connectivity index (χ0) is 23.9.